The van der Waals surface area contributed by atoms with Gasteiger partial charge < -0.3 is 10.8 Å². The van der Waals surface area contributed by atoms with Crippen molar-refractivity contribution in [3.63, 3.8) is 0 Å². The molecule has 0 saturated carbocycles. The minimum absolute atomic E-state index is 0.0534. The number of nitrogens with zero attached hydrogens (tertiary/aromatic N) is 1. The largest absolute Gasteiger partial charge is 0.396 e. The number of halogens is 1. The second kappa shape index (κ2) is 5.67. The first kappa shape index (κ1) is 16.9. The van der Waals surface area contributed by atoms with E-state index >= 15 is 0 Å². The molecular weight excluding hydrogens is 283 g/mol. The summed E-state index contributed by atoms with van der Waals surface area (Å²) in [5.74, 6) is -0.616. The third-order valence-corrected chi connectivity index (χ3v) is 4.71. The number of anilines is 1. The van der Waals surface area contributed by atoms with Gasteiger partial charge in [-0.05, 0) is 38.5 Å². The van der Waals surface area contributed by atoms with Gasteiger partial charge in [-0.3, -0.25) is 0 Å². The fourth-order valence-corrected chi connectivity index (χ4v) is 3.58. The predicted octanol–water partition coefficient (Wildman–Crippen LogP) is 1.50. The van der Waals surface area contributed by atoms with Crippen molar-refractivity contribution in [3.8, 4) is 0 Å². The average molecular weight is 304 g/mol. The molecule has 0 saturated heterocycles. The Morgan fingerprint density at radius 3 is 2.35 bits per heavy atom. The summed E-state index contributed by atoms with van der Waals surface area (Å²) in [7, 11) is -3.82. The Hall–Kier alpha value is -1.18. The Labute approximate surface area is 119 Å². The van der Waals surface area contributed by atoms with Crippen molar-refractivity contribution in [2.45, 2.75) is 38.2 Å². The van der Waals surface area contributed by atoms with E-state index in [1.165, 1.54) is 26.8 Å². The minimum atomic E-state index is -3.82. The molecule has 1 aromatic rings. The minimum Gasteiger partial charge on any atom is -0.396 e. The first-order valence-electron chi connectivity index (χ1n) is 6.27. The summed E-state index contributed by atoms with van der Waals surface area (Å²) < 4.78 is 39.6. The van der Waals surface area contributed by atoms with E-state index in [2.05, 4.69) is 0 Å². The number of aryl methyl sites for hydroxylation is 1. The number of hydrogen-bond donors (Lipinski definition) is 2. The van der Waals surface area contributed by atoms with Crippen LogP contribution < -0.4 is 5.73 Å². The van der Waals surface area contributed by atoms with Crippen molar-refractivity contribution < 1.29 is 17.9 Å². The molecule has 0 atom stereocenters. The average Bonchev–Trinajstić information content (AvgIpc) is 2.30. The number of likely N-dealkylation sites (N-methyl/N-ethyl adjacent to an activating group) is 1. The van der Waals surface area contributed by atoms with Gasteiger partial charge in [0.15, 0.2) is 0 Å². The lowest BCUT2D eigenvalue weighted by Gasteiger charge is -2.27. The van der Waals surface area contributed by atoms with Crippen molar-refractivity contribution in [2.75, 3.05) is 18.8 Å². The zero-order valence-corrected chi connectivity index (χ0v) is 13.0. The van der Waals surface area contributed by atoms with Gasteiger partial charge in [0.05, 0.1) is 16.2 Å². The fourth-order valence-electron chi connectivity index (χ4n) is 1.86. The highest BCUT2D eigenvalue weighted by Crippen LogP contribution is 2.24. The van der Waals surface area contributed by atoms with E-state index in [1.807, 2.05) is 0 Å². The lowest BCUT2D eigenvalue weighted by atomic mass is 10.1. The second-order valence-corrected chi connectivity index (χ2v) is 7.32. The lowest BCUT2D eigenvalue weighted by Crippen LogP contribution is -2.42. The highest BCUT2D eigenvalue weighted by molar-refractivity contribution is 7.89. The Morgan fingerprint density at radius 1 is 1.40 bits per heavy atom. The number of sulfonamides is 1. The monoisotopic (exact) mass is 304 g/mol. The van der Waals surface area contributed by atoms with Crippen molar-refractivity contribution in [3.05, 3.63) is 23.5 Å². The van der Waals surface area contributed by atoms with Crippen LogP contribution in [0.5, 0.6) is 0 Å². The molecule has 0 aliphatic heterocycles. The fraction of sp³-hybridized carbons (Fsp3) is 0.538. The molecule has 0 radical (unpaired) electrons. The van der Waals surface area contributed by atoms with Gasteiger partial charge in [-0.15, -0.1) is 0 Å². The van der Waals surface area contributed by atoms with Crippen LogP contribution in [0.25, 0.3) is 0 Å². The molecule has 0 bridgehead atoms. The normalized spacial score (nSPS) is 12.9. The maximum atomic E-state index is 13.5. The maximum Gasteiger partial charge on any atom is 0.243 e. The summed E-state index contributed by atoms with van der Waals surface area (Å²) in [6, 6.07) is 2.35. The third kappa shape index (κ3) is 3.68. The van der Waals surface area contributed by atoms with Crippen LogP contribution in [-0.4, -0.2) is 36.5 Å². The molecule has 114 valence electrons. The molecule has 1 aromatic carbocycles. The lowest BCUT2D eigenvalue weighted by molar-refractivity contribution is 0.0601. The highest BCUT2D eigenvalue weighted by atomic mass is 32.2. The number of hydrogen-bond acceptors (Lipinski definition) is 4. The molecule has 0 heterocycles. The Morgan fingerprint density at radius 2 is 1.95 bits per heavy atom. The zero-order chi connectivity index (χ0) is 15.7. The van der Waals surface area contributed by atoms with Crippen molar-refractivity contribution in [2.24, 2.45) is 0 Å². The van der Waals surface area contributed by atoms with Gasteiger partial charge in [0.2, 0.25) is 10.0 Å². The summed E-state index contributed by atoms with van der Waals surface area (Å²) in [4.78, 5) is -0.0694. The third-order valence-electron chi connectivity index (χ3n) is 2.81. The summed E-state index contributed by atoms with van der Waals surface area (Å²) in [6.07, 6.45) is 0. The Bertz CT molecular complexity index is 571. The van der Waals surface area contributed by atoms with Gasteiger partial charge >= 0.3 is 0 Å². The highest BCUT2D eigenvalue weighted by Gasteiger charge is 2.29. The van der Waals surface area contributed by atoms with E-state index in [0.29, 0.717) is 0 Å². The maximum absolute atomic E-state index is 13.5. The van der Waals surface area contributed by atoms with Gasteiger partial charge in [0.1, 0.15) is 5.82 Å². The van der Waals surface area contributed by atoms with Gasteiger partial charge in [-0.1, -0.05) is 6.92 Å². The van der Waals surface area contributed by atoms with Crippen LogP contribution in [-0.2, 0) is 10.0 Å². The van der Waals surface area contributed by atoms with Crippen LogP contribution in [0.15, 0.2) is 17.0 Å². The summed E-state index contributed by atoms with van der Waals surface area (Å²) in [6.45, 7) is 6.32. The van der Waals surface area contributed by atoms with E-state index in [-0.39, 0.29) is 29.2 Å². The zero-order valence-electron chi connectivity index (χ0n) is 12.1. The number of rotatable bonds is 5. The molecule has 0 aromatic heterocycles. The van der Waals surface area contributed by atoms with Gasteiger partial charge in [-0.2, -0.15) is 4.31 Å². The quantitative estimate of drug-likeness (QED) is 0.807. The summed E-state index contributed by atoms with van der Waals surface area (Å²) in [5.41, 5.74) is 4.28. The van der Waals surface area contributed by atoms with E-state index in [1.54, 1.807) is 6.92 Å². The molecule has 0 fully saturated rings. The smallest absolute Gasteiger partial charge is 0.243 e. The van der Waals surface area contributed by atoms with Crippen molar-refractivity contribution in [1.82, 2.24) is 4.31 Å². The first-order valence-corrected chi connectivity index (χ1v) is 7.71. The molecular formula is C13H21FN2O3S. The van der Waals surface area contributed by atoms with Crippen LogP contribution in [0.2, 0.25) is 0 Å². The molecule has 5 nitrogen and oxygen atoms in total. The van der Waals surface area contributed by atoms with Crippen LogP contribution in [0, 0.1) is 12.7 Å². The first-order chi connectivity index (χ1) is 8.99. The van der Waals surface area contributed by atoms with Crippen molar-refractivity contribution >= 4 is 15.7 Å². The molecule has 1 rings (SSSR count). The van der Waals surface area contributed by atoms with Gasteiger partial charge in [0.25, 0.3) is 0 Å². The van der Waals surface area contributed by atoms with Crippen molar-refractivity contribution in [1.29, 1.82) is 0 Å². The molecule has 0 aliphatic rings. The van der Waals surface area contributed by atoms with Crippen LogP contribution in [0.3, 0.4) is 0 Å². The van der Waals surface area contributed by atoms with E-state index in [9.17, 15) is 17.9 Å². The van der Waals surface area contributed by atoms with Crippen LogP contribution in [0.1, 0.15) is 26.3 Å². The molecule has 0 spiro atoms. The standard InChI is InChI=1S/C13H21FN2O3S/c1-5-16(8-13(3,4)17)20(18,19)10-6-9(2)12(14)11(15)7-10/h6-7,17H,5,8,15H2,1-4H3. The number of nitrogen functional groups attached to an aromatic ring is 1. The Balaban J connectivity index is 3.28. The molecule has 0 amide bonds. The number of nitrogens with two attached hydrogens (primary N) is 1. The molecule has 20 heavy (non-hydrogen) atoms. The SMILES string of the molecule is CCN(CC(C)(C)O)S(=O)(=O)c1cc(C)c(F)c(N)c1. The second-order valence-electron chi connectivity index (χ2n) is 5.39. The number of aliphatic hydroxyl groups is 1. The summed E-state index contributed by atoms with van der Waals surface area (Å²) in [5, 5.41) is 9.79. The Kier molecular flexibility index (Phi) is 4.78. The summed E-state index contributed by atoms with van der Waals surface area (Å²) >= 11 is 0. The van der Waals surface area contributed by atoms with Crippen LogP contribution in [0.4, 0.5) is 10.1 Å². The van der Waals surface area contributed by atoms with Gasteiger partial charge in [-0.25, -0.2) is 12.8 Å². The van der Waals surface area contributed by atoms with E-state index < -0.39 is 21.4 Å². The molecule has 3 N–H and O–H groups in total. The topological polar surface area (TPSA) is 83.6 Å². The predicted molar refractivity (Wildman–Crippen MR) is 76.3 cm³/mol. The number of benzene rings is 1. The van der Waals surface area contributed by atoms with E-state index in [0.717, 1.165) is 10.4 Å². The molecule has 7 heteroatoms. The van der Waals surface area contributed by atoms with Crippen LogP contribution >= 0.6 is 0 Å². The van der Waals surface area contributed by atoms with Gasteiger partial charge in [0, 0.05) is 13.1 Å². The molecule has 0 aliphatic carbocycles. The van der Waals surface area contributed by atoms with E-state index in [4.69, 9.17) is 5.73 Å². The molecule has 0 unspecified atom stereocenters.